The van der Waals surface area contributed by atoms with Crippen LogP contribution in [0.5, 0.6) is 5.75 Å². The topological polar surface area (TPSA) is 75.2 Å². The van der Waals surface area contributed by atoms with Crippen LogP contribution in [0.1, 0.15) is 5.56 Å². The van der Waals surface area contributed by atoms with E-state index in [1.54, 1.807) is 29.3 Å². The highest BCUT2D eigenvalue weighted by molar-refractivity contribution is 7.80. The highest BCUT2D eigenvalue weighted by atomic mass is 32.1. The minimum absolute atomic E-state index is 0.0260. The summed E-state index contributed by atoms with van der Waals surface area (Å²) in [6, 6.07) is 7.28. The molecule has 0 radical (unpaired) electrons. The summed E-state index contributed by atoms with van der Waals surface area (Å²) < 4.78 is 10.8. The van der Waals surface area contributed by atoms with Crippen LogP contribution in [0.15, 0.2) is 42.0 Å². The van der Waals surface area contributed by atoms with Crippen LogP contribution in [0.4, 0.5) is 0 Å². The number of rotatable bonds is 7. The van der Waals surface area contributed by atoms with Crippen LogP contribution < -0.4 is 15.5 Å². The molecule has 1 amide bonds. The fourth-order valence-electron chi connectivity index (χ4n) is 2.07. The Balaban J connectivity index is 1.74. The maximum absolute atomic E-state index is 12.0. The summed E-state index contributed by atoms with van der Waals surface area (Å²) in [5.74, 6) is 0.605. The second-order valence-corrected chi connectivity index (χ2v) is 5.63. The number of nitrogens with one attached hydrogen (secondary N) is 2. The number of benzene rings is 1. The fraction of sp³-hybridized carbons (Fsp3) is 0.353. The first-order valence-corrected chi connectivity index (χ1v) is 8.36. The Hall–Kier alpha value is -2.45. The molecule has 1 heterocycles. The standard InChI is InChI=1S/C17H22N4O3S/c1-2-7-18-17(25)20-19-12-14-3-5-15(6-4-14)24-13-16(22)21-8-10-23-11-9-21/h2-6,12H,1,7-11,13H2,(H2,18,20,25). The SMILES string of the molecule is C=CCNC(=S)NN=Cc1ccc(OCC(=O)N2CCOCC2)cc1. The summed E-state index contributed by atoms with van der Waals surface area (Å²) in [6.45, 7) is 6.60. The van der Waals surface area contributed by atoms with Gasteiger partial charge in [0.2, 0.25) is 0 Å². The summed E-state index contributed by atoms with van der Waals surface area (Å²) in [6.07, 6.45) is 3.35. The van der Waals surface area contributed by atoms with Crippen molar-refractivity contribution in [1.82, 2.24) is 15.6 Å². The van der Waals surface area contributed by atoms with E-state index in [0.717, 1.165) is 5.56 Å². The van der Waals surface area contributed by atoms with Crippen molar-refractivity contribution in [1.29, 1.82) is 0 Å². The van der Waals surface area contributed by atoms with Gasteiger partial charge in [0.05, 0.1) is 19.4 Å². The molecule has 0 saturated carbocycles. The van der Waals surface area contributed by atoms with Crippen LogP contribution in [0, 0.1) is 0 Å². The normalized spacial score (nSPS) is 14.2. The van der Waals surface area contributed by atoms with Gasteiger partial charge in [0.25, 0.3) is 5.91 Å². The van der Waals surface area contributed by atoms with E-state index in [4.69, 9.17) is 21.7 Å². The lowest BCUT2D eigenvalue weighted by molar-refractivity contribution is -0.137. The summed E-state index contributed by atoms with van der Waals surface area (Å²) in [7, 11) is 0. The highest BCUT2D eigenvalue weighted by Crippen LogP contribution is 2.11. The van der Waals surface area contributed by atoms with E-state index in [2.05, 4.69) is 22.4 Å². The first kappa shape index (κ1) is 18.9. The van der Waals surface area contributed by atoms with Crippen molar-refractivity contribution in [3.05, 3.63) is 42.5 Å². The van der Waals surface area contributed by atoms with Gasteiger partial charge in [0.1, 0.15) is 5.75 Å². The smallest absolute Gasteiger partial charge is 0.260 e. The molecule has 0 atom stereocenters. The van der Waals surface area contributed by atoms with Crippen LogP contribution in [0.25, 0.3) is 0 Å². The van der Waals surface area contributed by atoms with Gasteiger partial charge in [0, 0.05) is 19.6 Å². The first-order valence-electron chi connectivity index (χ1n) is 7.95. The van der Waals surface area contributed by atoms with E-state index >= 15 is 0 Å². The number of carbonyl (C=O) groups is 1. The second kappa shape index (κ2) is 10.4. The van der Waals surface area contributed by atoms with Gasteiger partial charge in [-0.2, -0.15) is 5.10 Å². The van der Waals surface area contributed by atoms with Crippen molar-refractivity contribution in [3.8, 4) is 5.75 Å². The van der Waals surface area contributed by atoms with Crippen LogP contribution >= 0.6 is 12.2 Å². The number of nitrogens with zero attached hydrogens (tertiary/aromatic N) is 2. The van der Waals surface area contributed by atoms with Gasteiger partial charge < -0.3 is 19.7 Å². The summed E-state index contributed by atoms with van der Waals surface area (Å²) in [5.41, 5.74) is 3.59. The molecule has 0 spiro atoms. The Morgan fingerprint density at radius 1 is 1.36 bits per heavy atom. The molecule has 134 valence electrons. The van der Waals surface area contributed by atoms with Gasteiger partial charge in [-0.1, -0.05) is 6.08 Å². The summed E-state index contributed by atoms with van der Waals surface area (Å²) in [4.78, 5) is 13.8. The predicted molar refractivity (Wildman–Crippen MR) is 101 cm³/mol. The Kier molecular flexibility index (Phi) is 7.87. The molecule has 8 heteroatoms. The van der Waals surface area contributed by atoms with E-state index in [1.165, 1.54) is 0 Å². The van der Waals surface area contributed by atoms with Crippen molar-refractivity contribution in [2.75, 3.05) is 39.5 Å². The number of carbonyl (C=O) groups excluding carboxylic acids is 1. The van der Waals surface area contributed by atoms with E-state index in [1.807, 2.05) is 12.1 Å². The van der Waals surface area contributed by atoms with Crippen molar-refractivity contribution in [2.24, 2.45) is 5.10 Å². The average molecular weight is 362 g/mol. The minimum Gasteiger partial charge on any atom is -0.484 e. The third-order valence-corrected chi connectivity index (χ3v) is 3.63. The van der Waals surface area contributed by atoms with Crippen molar-refractivity contribution < 1.29 is 14.3 Å². The van der Waals surface area contributed by atoms with Crippen LogP contribution in [-0.2, 0) is 9.53 Å². The largest absolute Gasteiger partial charge is 0.484 e. The summed E-state index contributed by atoms with van der Waals surface area (Å²) >= 11 is 5.02. The molecule has 0 unspecified atom stereocenters. The van der Waals surface area contributed by atoms with Crippen molar-refractivity contribution >= 4 is 29.5 Å². The van der Waals surface area contributed by atoms with E-state index in [0.29, 0.717) is 43.7 Å². The zero-order valence-corrected chi connectivity index (χ0v) is 14.8. The van der Waals surface area contributed by atoms with Gasteiger partial charge in [0.15, 0.2) is 11.7 Å². The molecule has 2 rings (SSSR count). The molecule has 7 nitrogen and oxygen atoms in total. The molecule has 25 heavy (non-hydrogen) atoms. The van der Waals surface area contributed by atoms with Gasteiger partial charge in [-0.05, 0) is 42.0 Å². The Morgan fingerprint density at radius 2 is 2.08 bits per heavy atom. The number of ether oxygens (including phenoxy) is 2. The van der Waals surface area contributed by atoms with Crippen LogP contribution in [0.2, 0.25) is 0 Å². The number of hydrogen-bond donors (Lipinski definition) is 2. The summed E-state index contributed by atoms with van der Waals surface area (Å²) in [5, 5.41) is 7.37. The molecule has 1 aromatic rings. The molecule has 1 saturated heterocycles. The quantitative estimate of drug-likeness (QED) is 0.325. The fourth-order valence-corrected chi connectivity index (χ4v) is 2.21. The Morgan fingerprint density at radius 3 is 2.76 bits per heavy atom. The molecule has 2 N–H and O–H groups in total. The lowest BCUT2D eigenvalue weighted by Crippen LogP contribution is -2.42. The molecule has 1 aromatic carbocycles. The first-order chi connectivity index (χ1) is 12.2. The van der Waals surface area contributed by atoms with Crippen LogP contribution in [-0.4, -0.2) is 61.6 Å². The molecular formula is C17H22N4O3S. The average Bonchev–Trinajstić information content (AvgIpc) is 2.66. The minimum atomic E-state index is -0.0290. The van der Waals surface area contributed by atoms with E-state index in [9.17, 15) is 4.79 Å². The number of hydrogen-bond acceptors (Lipinski definition) is 5. The molecule has 0 aliphatic carbocycles. The van der Waals surface area contributed by atoms with Gasteiger partial charge >= 0.3 is 0 Å². The second-order valence-electron chi connectivity index (χ2n) is 5.22. The van der Waals surface area contributed by atoms with Crippen molar-refractivity contribution in [2.45, 2.75) is 0 Å². The highest BCUT2D eigenvalue weighted by Gasteiger charge is 2.16. The molecule has 1 aliphatic heterocycles. The Labute approximate surface area is 152 Å². The number of hydrazone groups is 1. The lowest BCUT2D eigenvalue weighted by atomic mass is 10.2. The number of morpholine rings is 1. The van der Waals surface area contributed by atoms with E-state index < -0.39 is 0 Å². The Bertz CT molecular complexity index is 613. The molecule has 1 fully saturated rings. The zero-order chi connectivity index (χ0) is 17.9. The molecule has 0 aromatic heterocycles. The van der Waals surface area contributed by atoms with Crippen LogP contribution in [0.3, 0.4) is 0 Å². The van der Waals surface area contributed by atoms with Gasteiger partial charge in [-0.15, -0.1) is 6.58 Å². The van der Waals surface area contributed by atoms with E-state index in [-0.39, 0.29) is 12.5 Å². The van der Waals surface area contributed by atoms with Crippen molar-refractivity contribution in [3.63, 3.8) is 0 Å². The maximum Gasteiger partial charge on any atom is 0.260 e. The predicted octanol–water partition coefficient (Wildman–Crippen LogP) is 0.908. The maximum atomic E-state index is 12.0. The lowest BCUT2D eigenvalue weighted by Gasteiger charge is -2.26. The van der Waals surface area contributed by atoms with Gasteiger partial charge in [-0.25, -0.2) is 0 Å². The third-order valence-electron chi connectivity index (χ3n) is 3.39. The molecule has 1 aliphatic rings. The third kappa shape index (κ3) is 6.90. The number of amides is 1. The zero-order valence-electron chi connectivity index (χ0n) is 13.9. The van der Waals surface area contributed by atoms with Gasteiger partial charge in [-0.3, -0.25) is 10.2 Å². The monoisotopic (exact) mass is 362 g/mol. The number of thiocarbonyl (C=S) groups is 1. The molecule has 0 bridgehead atoms. The molecular weight excluding hydrogens is 340 g/mol.